The van der Waals surface area contributed by atoms with E-state index in [2.05, 4.69) is 27.8 Å². The van der Waals surface area contributed by atoms with Crippen molar-refractivity contribution in [2.24, 2.45) is 0 Å². The van der Waals surface area contributed by atoms with Crippen LogP contribution in [0.5, 0.6) is 0 Å². The molecule has 0 saturated carbocycles. The molecule has 0 bridgehead atoms. The number of hydrogen-bond acceptors (Lipinski definition) is 4. The highest BCUT2D eigenvalue weighted by molar-refractivity contribution is 7.09. The zero-order chi connectivity index (χ0) is 15.9. The van der Waals surface area contributed by atoms with Gasteiger partial charge >= 0.3 is 0 Å². The Kier molecular flexibility index (Phi) is 5.53. The van der Waals surface area contributed by atoms with Gasteiger partial charge in [-0.3, -0.25) is 0 Å². The van der Waals surface area contributed by atoms with Gasteiger partial charge in [-0.25, -0.2) is 4.98 Å². The molecular weight excluding hydrogens is 304 g/mol. The third-order valence-corrected chi connectivity index (χ3v) is 4.44. The van der Waals surface area contributed by atoms with Crippen molar-refractivity contribution in [3.63, 3.8) is 0 Å². The summed E-state index contributed by atoms with van der Waals surface area (Å²) in [7, 11) is 0. The maximum atomic E-state index is 10.1. The fourth-order valence-corrected chi connectivity index (χ4v) is 3.21. The van der Waals surface area contributed by atoms with E-state index in [1.807, 2.05) is 48.5 Å². The molecule has 1 aromatic heterocycles. The van der Waals surface area contributed by atoms with Crippen molar-refractivity contribution in [1.29, 1.82) is 0 Å². The molecule has 0 radical (unpaired) electrons. The number of aliphatic hydroxyl groups is 1. The monoisotopic (exact) mass is 324 g/mol. The van der Waals surface area contributed by atoms with Crippen molar-refractivity contribution in [3.8, 4) is 11.3 Å². The van der Waals surface area contributed by atoms with Gasteiger partial charge in [0.1, 0.15) is 5.01 Å². The molecule has 3 nitrogen and oxygen atoms in total. The summed E-state index contributed by atoms with van der Waals surface area (Å²) >= 11 is 1.64. The van der Waals surface area contributed by atoms with Crippen LogP contribution in [0.3, 0.4) is 0 Å². The van der Waals surface area contributed by atoms with E-state index in [9.17, 15) is 5.11 Å². The maximum absolute atomic E-state index is 10.1. The largest absolute Gasteiger partial charge is 0.391 e. The Morgan fingerprint density at radius 1 is 1.00 bits per heavy atom. The molecule has 4 heteroatoms. The van der Waals surface area contributed by atoms with Gasteiger partial charge in [-0.2, -0.15) is 0 Å². The fourth-order valence-electron chi connectivity index (χ4n) is 2.44. The molecule has 0 aliphatic carbocycles. The Balaban J connectivity index is 1.47. The highest BCUT2D eigenvalue weighted by Crippen LogP contribution is 2.21. The lowest BCUT2D eigenvalue weighted by Gasteiger charge is -2.11. The molecule has 1 unspecified atom stereocenters. The molecule has 0 saturated heterocycles. The second-order valence-electron chi connectivity index (χ2n) is 5.47. The van der Waals surface area contributed by atoms with Gasteiger partial charge in [0.05, 0.1) is 11.8 Å². The Morgan fingerprint density at radius 3 is 2.43 bits per heavy atom. The van der Waals surface area contributed by atoms with Crippen molar-refractivity contribution in [1.82, 2.24) is 10.3 Å². The van der Waals surface area contributed by atoms with Crippen LogP contribution in [0.2, 0.25) is 0 Å². The third-order valence-electron chi connectivity index (χ3n) is 3.59. The maximum Gasteiger partial charge on any atom is 0.107 e. The normalized spacial score (nSPS) is 12.2. The van der Waals surface area contributed by atoms with E-state index in [4.69, 9.17) is 0 Å². The number of nitrogens with zero attached hydrogens (tertiary/aromatic N) is 1. The molecule has 1 atom stereocenters. The summed E-state index contributed by atoms with van der Waals surface area (Å²) in [5.41, 5.74) is 3.30. The van der Waals surface area contributed by atoms with E-state index >= 15 is 0 Å². The molecule has 0 aliphatic rings. The number of nitrogens with one attached hydrogen (secondary N) is 1. The Hall–Kier alpha value is -2.01. The van der Waals surface area contributed by atoms with Crippen LogP contribution >= 0.6 is 11.3 Å². The number of benzene rings is 2. The minimum absolute atomic E-state index is 0.383. The van der Waals surface area contributed by atoms with E-state index in [1.165, 1.54) is 0 Å². The molecule has 2 aromatic carbocycles. The number of aromatic nitrogens is 1. The summed E-state index contributed by atoms with van der Waals surface area (Å²) in [5.74, 6) is 0. The summed E-state index contributed by atoms with van der Waals surface area (Å²) in [6.45, 7) is 1.25. The summed E-state index contributed by atoms with van der Waals surface area (Å²) < 4.78 is 0. The van der Waals surface area contributed by atoms with Crippen LogP contribution in [-0.4, -0.2) is 22.7 Å². The lowest BCUT2D eigenvalue weighted by molar-refractivity contribution is 0.171. The second-order valence-corrected chi connectivity index (χ2v) is 6.41. The van der Waals surface area contributed by atoms with Gasteiger partial charge in [0.25, 0.3) is 0 Å². The van der Waals surface area contributed by atoms with Crippen LogP contribution in [0.15, 0.2) is 66.0 Å². The van der Waals surface area contributed by atoms with Gasteiger partial charge in [-0.05, 0) is 12.0 Å². The summed E-state index contributed by atoms with van der Waals surface area (Å²) in [6, 6.07) is 20.2. The van der Waals surface area contributed by atoms with Crippen LogP contribution in [0, 0.1) is 0 Å². The first-order chi connectivity index (χ1) is 11.3. The van der Waals surface area contributed by atoms with Gasteiger partial charge in [0, 0.05) is 24.0 Å². The van der Waals surface area contributed by atoms with Crippen LogP contribution in [0.1, 0.15) is 10.6 Å². The Bertz CT molecular complexity index is 713. The van der Waals surface area contributed by atoms with Crippen LogP contribution in [-0.2, 0) is 13.0 Å². The number of thiazole rings is 1. The second kappa shape index (κ2) is 8.02. The first kappa shape index (κ1) is 15.9. The first-order valence-corrected chi connectivity index (χ1v) is 8.62. The third kappa shape index (κ3) is 4.73. The zero-order valence-corrected chi connectivity index (χ0v) is 13.7. The molecule has 0 fully saturated rings. The topological polar surface area (TPSA) is 45.1 Å². The molecule has 0 aliphatic heterocycles. The molecule has 23 heavy (non-hydrogen) atoms. The Morgan fingerprint density at radius 2 is 1.70 bits per heavy atom. The highest BCUT2D eigenvalue weighted by atomic mass is 32.1. The van der Waals surface area contributed by atoms with Crippen LogP contribution < -0.4 is 5.32 Å². The lowest BCUT2D eigenvalue weighted by Crippen LogP contribution is -2.28. The predicted octanol–water partition coefficient (Wildman–Crippen LogP) is 3.50. The minimum Gasteiger partial charge on any atom is -0.391 e. The molecule has 3 aromatic rings. The molecule has 2 N–H and O–H groups in total. The summed E-state index contributed by atoms with van der Waals surface area (Å²) in [6.07, 6.45) is 0.284. The van der Waals surface area contributed by atoms with Gasteiger partial charge in [-0.1, -0.05) is 60.7 Å². The van der Waals surface area contributed by atoms with E-state index < -0.39 is 0 Å². The van der Waals surface area contributed by atoms with Crippen molar-refractivity contribution in [3.05, 3.63) is 76.6 Å². The molecule has 118 valence electrons. The number of hydrogen-bond donors (Lipinski definition) is 2. The van der Waals surface area contributed by atoms with E-state index in [0.29, 0.717) is 19.5 Å². The van der Waals surface area contributed by atoms with Crippen molar-refractivity contribution < 1.29 is 5.11 Å². The fraction of sp³-hybridized carbons (Fsp3) is 0.211. The molecule has 0 spiro atoms. The van der Waals surface area contributed by atoms with Crippen molar-refractivity contribution in [2.75, 3.05) is 6.54 Å². The lowest BCUT2D eigenvalue weighted by atomic mass is 10.1. The van der Waals surface area contributed by atoms with E-state index in [-0.39, 0.29) is 6.10 Å². The number of rotatable bonds is 7. The molecule has 1 heterocycles. The van der Waals surface area contributed by atoms with Crippen LogP contribution in [0.4, 0.5) is 0 Å². The smallest absolute Gasteiger partial charge is 0.107 e. The molecular formula is C19H20N2OS. The average molecular weight is 324 g/mol. The minimum atomic E-state index is -0.383. The predicted molar refractivity (Wildman–Crippen MR) is 95.4 cm³/mol. The summed E-state index contributed by atoms with van der Waals surface area (Å²) in [4.78, 5) is 4.64. The quantitative estimate of drug-likeness (QED) is 0.699. The van der Waals surface area contributed by atoms with Gasteiger partial charge in [0.15, 0.2) is 0 Å². The Labute approximate surface area is 140 Å². The SMILES string of the molecule is OC(CNCc1nc(-c2ccccc2)cs1)Cc1ccccc1. The number of aliphatic hydroxyl groups excluding tert-OH is 1. The zero-order valence-electron chi connectivity index (χ0n) is 12.9. The summed E-state index contributed by atoms with van der Waals surface area (Å²) in [5, 5.41) is 16.5. The van der Waals surface area contributed by atoms with Crippen LogP contribution in [0.25, 0.3) is 11.3 Å². The first-order valence-electron chi connectivity index (χ1n) is 7.74. The van der Waals surface area contributed by atoms with E-state index in [0.717, 1.165) is 21.8 Å². The average Bonchev–Trinajstić information content (AvgIpc) is 3.05. The molecule has 3 rings (SSSR count). The van der Waals surface area contributed by atoms with Gasteiger partial charge < -0.3 is 10.4 Å². The standard InChI is InChI=1S/C19H20N2OS/c22-17(11-15-7-3-1-4-8-15)12-20-13-19-21-18(14-23-19)16-9-5-2-6-10-16/h1-10,14,17,20,22H,11-13H2. The van der Waals surface area contributed by atoms with Gasteiger partial charge in [0.2, 0.25) is 0 Å². The van der Waals surface area contributed by atoms with Gasteiger partial charge in [-0.15, -0.1) is 11.3 Å². The van der Waals surface area contributed by atoms with Crippen molar-refractivity contribution in [2.45, 2.75) is 19.1 Å². The van der Waals surface area contributed by atoms with Crippen molar-refractivity contribution >= 4 is 11.3 Å². The van der Waals surface area contributed by atoms with E-state index in [1.54, 1.807) is 11.3 Å². The highest BCUT2D eigenvalue weighted by Gasteiger charge is 2.07. The molecule has 0 amide bonds.